The number of rotatable bonds is 8. The number of aromatic nitrogens is 3. The Kier molecular flexibility index (Phi) is 6.91. The minimum Gasteiger partial charge on any atom is -0.354 e. The summed E-state index contributed by atoms with van der Waals surface area (Å²) < 4.78 is 2.30. The molecule has 150 valence electrons. The van der Waals surface area contributed by atoms with Crippen LogP contribution in [-0.4, -0.2) is 39.7 Å². The standard InChI is InChI=1S/C21H23N5O2S/c1-15-6-5-9-17(14-15)19-24-25-21(29)26(19)13-10-18(27)22-11-12-23-20(28)16-7-3-2-4-8-16/h2-9,14H,10-13H2,1H3,(H,22,27)(H,23,28)(H,25,29). The number of hydrogen-bond acceptors (Lipinski definition) is 4. The normalized spacial score (nSPS) is 10.5. The summed E-state index contributed by atoms with van der Waals surface area (Å²) in [6.45, 7) is 3.15. The number of carbonyl (C=O) groups excluding carboxylic acids is 2. The molecular formula is C21H23N5O2S. The molecule has 3 rings (SSSR count). The van der Waals surface area contributed by atoms with Gasteiger partial charge in [0.05, 0.1) is 0 Å². The number of nitrogens with zero attached hydrogens (tertiary/aromatic N) is 2. The fraction of sp³-hybridized carbons (Fsp3) is 0.238. The fourth-order valence-corrected chi connectivity index (χ4v) is 3.12. The number of amides is 2. The Hall–Kier alpha value is -3.26. The summed E-state index contributed by atoms with van der Waals surface area (Å²) in [5.74, 6) is 0.436. The first-order valence-electron chi connectivity index (χ1n) is 9.37. The van der Waals surface area contributed by atoms with Crippen LogP contribution in [0.1, 0.15) is 22.3 Å². The lowest BCUT2D eigenvalue weighted by Crippen LogP contribution is -2.35. The highest BCUT2D eigenvalue weighted by Gasteiger charge is 2.11. The van der Waals surface area contributed by atoms with E-state index in [-0.39, 0.29) is 18.2 Å². The highest BCUT2D eigenvalue weighted by molar-refractivity contribution is 7.71. The van der Waals surface area contributed by atoms with Crippen molar-refractivity contribution in [2.24, 2.45) is 0 Å². The van der Waals surface area contributed by atoms with Crippen LogP contribution in [0.2, 0.25) is 0 Å². The minimum absolute atomic E-state index is 0.114. The van der Waals surface area contributed by atoms with Gasteiger partial charge in [0.2, 0.25) is 5.91 Å². The first-order chi connectivity index (χ1) is 14.0. The van der Waals surface area contributed by atoms with Crippen LogP contribution in [-0.2, 0) is 11.3 Å². The number of benzene rings is 2. The Morgan fingerprint density at radius 1 is 1.07 bits per heavy atom. The molecule has 8 heteroatoms. The molecule has 2 amide bonds. The molecule has 0 aliphatic carbocycles. The molecular weight excluding hydrogens is 386 g/mol. The third-order valence-electron chi connectivity index (χ3n) is 4.37. The fourth-order valence-electron chi connectivity index (χ4n) is 2.90. The first kappa shape index (κ1) is 20.5. The quantitative estimate of drug-likeness (QED) is 0.394. The minimum atomic E-state index is -0.160. The molecule has 0 bridgehead atoms. The van der Waals surface area contributed by atoms with Gasteiger partial charge in [-0.25, -0.2) is 0 Å². The summed E-state index contributed by atoms with van der Waals surface area (Å²) in [4.78, 5) is 24.1. The lowest BCUT2D eigenvalue weighted by Gasteiger charge is -2.09. The molecule has 29 heavy (non-hydrogen) atoms. The van der Waals surface area contributed by atoms with Crippen LogP contribution in [0, 0.1) is 11.7 Å². The van der Waals surface area contributed by atoms with Crippen molar-refractivity contribution in [2.45, 2.75) is 19.9 Å². The lowest BCUT2D eigenvalue weighted by molar-refractivity contribution is -0.121. The van der Waals surface area contributed by atoms with Crippen LogP contribution < -0.4 is 10.6 Å². The van der Waals surface area contributed by atoms with Gasteiger partial charge < -0.3 is 10.6 Å². The number of aryl methyl sites for hydroxylation is 1. The molecule has 1 heterocycles. The van der Waals surface area contributed by atoms with Gasteiger partial charge in [-0.1, -0.05) is 42.0 Å². The largest absolute Gasteiger partial charge is 0.354 e. The molecule has 3 N–H and O–H groups in total. The van der Waals surface area contributed by atoms with Crippen molar-refractivity contribution >= 4 is 24.0 Å². The van der Waals surface area contributed by atoms with E-state index in [4.69, 9.17) is 12.2 Å². The van der Waals surface area contributed by atoms with Gasteiger partial charge in [0.1, 0.15) is 0 Å². The van der Waals surface area contributed by atoms with Gasteiger partial charge in [-0.05, 0) is 37.3 Å². The van der Waals surface area contributed by atoms with E-state index in [2.05, 4.69) is 20.8 Å². The second-order valence-corrected chi connectivity index (χ2v) is 6.98. The molecule has 2 aromatic carbocycles. The monoisotopic (exact) mass is 409 g/mol. The molecule has 0 unspecified atom stereocenters. The van der Waals surface area contributed by atoms with Gasteiger partial charge in [0, 0.05) is 37.2 Å². The molecule has 0 saturated heterocycles. The van der Waals surface area contributed by atoms with Crippen molar-refractivity contribution in [3.63, 3.8) is 0 Å². The van der Waals surface area contributed by atoms with Crippen molar-refractivity contribution in [2.75, 3.05) is 13.1 Å². The predicted octanol–water partition coefficient (Wildman–Crippen LogP) is 2.85. The van der Waals surface area contributed by atoms with Crippen LogP contribution in [0.4, 0.5) is 0 Å². The van der Waals surface area contributed by atoms with Crippen molar-refractivity contribution < 1.29 is 9.59 Å². The first-order valence-corrected chi connectivity index (χ1v) is 9.77. The molecule has 0 aliphatic heterocycles. The highest BCUT2D eigenvalue weighted by atomic mass is 32.1. The van der Waals surface area contributed by atoms with Crippen molar-refractivity contribution in [1.82, 2.24) is 25.4 Å². The van der Waals surface area contributed by atoms with E-state index in [1.807, 2.05) is 54.0 Å². The zero-order valence-electron chi connectivity index (χ0n) is 16.1. The molecule has 1 aromatic heterocycles. The zero-order valence-corrected chi connectivity index (χ0v) is 17.0. The van der Waals surface area contributed by atoms with Crippen LogP contribution in [0.25, 0.3) is 11.4 Å². The van der Waals surface area contributed by atoms with E-state index in [1.54, 1.807) is 12.1 Å². The molecule has 0 aliphatic rings. The van der Waals surface area contributed by atoms with E-state index in [0.29, 0.717) is 35.8 Å². The third-order valence-corrected chi connectivity index (χ3v) is 4.68. The maximum Gasteiger partial charge on any atom is 0.251 e. The Morgan fingerprint density at radius 3 is 2.59 bits per heavy atom. The van der Waals surface area contributed by atoms with Crippen LogP contribution in [0.5, 0.6) is 0 Å². The summed E-state index contributed by atoms with van der Waals surface area (Å²) in [5.41, 5.74) is 2.66. The maximum atomic E-state index is 12.2. The molecule has 0 atom stereocenters. The molecule has 0 saturated carbocycles. The maximum absolute atomic E-state index is 12.2. The second kappa shape index (κ2) is 9.79. The number of nitrogens with one attached hydrogen (secondary N) is 3. The number of hydrogen-bond donors (Lipinski definition) is 3. The average molecular weight is 410 g/mol. The highest BCUT2D eigenvalue weighted by Crippen LogP contribution is 2.18. The van der Waals surface area contributed by atoms with Crippen molar-refractivity contribution in [1.29, 1.82) is 0 Å². The number of carbonyl (C=O) groups is 2. The van der Waals surface area contributed by atoms with Crippen LogP contribution in [0.3, 0.4) is 0 Å². The van der Waals surface area contributed by atoms with Gasteiger partial charge in [-0.15, -0.1) is 0 Å². The van der Waals surface area contributed by atoms with E-state index in [9.17, 15) is 9.59 Å². The molecule has 7 nitrogen and oxygen atoms in total. The molecule has 0 radical (unpaired) electrons. The summed E-state index contributed by atoms with van der Waals surface area (Å²) >= 11 is 5.30. The number of aromatic amines is 1. The van der Waals surface area contributed by atoms with E-state index in [1.165, 1.54) is 0 Å². The van der Waals surface area contributed by atoms with Crippen LogP contribution in [0.15, 0.2) is 54.6 Å². The Labute approximate surface area is 174 Å². The van der Waals surface area contributed by atoms with Gasteiger partial charge in [-0.3, -0.25) is 19.3 Å². The number of H-pyrrole nitrogens is 1. The van der Waals surface area contributed by atoms with Crippen molar-refractivity contribution in [3.8, 4) is 11.4 Å². The van der Waals surface area contributed by atoms with Gasteiger partial charge >= 0.3 is 0 Å². The summed E-state index contributed by atoms with van der Waals surface area (Å²) in [7, 11) is 0. The smallest absolute Gasteiger partial charge is 0.251 e. The zero-order chi connectivity index (χ0) is 20.6. The van der Waals surface area contributed by atoms with Gasteiger partial charge in [-0.2, -0.15) is 5.10 Å². The lowest BCUT2D eigenvalue weighted by atomic mass is 10.1. The second-order valence-electron chi connectivity index (χ2n) is 6.60. The molecule has 0 fully saturated rings. The summed E-state index contributed by atoms with van der Waals surface area (Å²) in [5, 5.41) is 12.7. The summed E-state index contributed by atoms with van der Waals surface area (Å²) in [6.07, 6.45) is 0.263. The van der Waals surface area contributed by atoms with Gasteiger partial charge in [0.25, 0.3) is 5.91 Å². The topological polar surface area (TPSA) is 91.8 Å². The SMILES string of the molecule is Cc1cccc(-c2n[nH]c(=S)n2CCC(=O)NCCNC(=O)c2ccccc2)c1. The Morgan fingerprint density at radius 2 is 1.83 bits per heavy atom. The summed E-state index contributed by atoms with van der Waals surface area (Å²) in [6, 6.07) is 16.9. The molecule has 0 spiro atoms. The van der Waals surface area contributed by atoms with Gasteiger partial charge in [0.15, 0.2) is 10.6 Å². The van der Waals surface area contributed by atoms with E-state index >= 15 is 0 Å². The van der Waals surface area contributed by atoms with E-state index < -0.39 is 0 Å². The Bertz CT molecular complexity index is 1040. The molecule has 3 aromatic rings. The third kappa shape index (κ3) is 5.61. The van der Waals surface area contributed by atoms with Crippen LogP contribution >= 0.6 is 12.2 Å². The average Bonchev–Trinajstić information content (AvgIpc) is 3.10. The van der Waals surface area contributed by atoms with Crippen molar-refractivity contribution in [3.05, 3.63) is 70.5 Å². The Balaban J connectivity index is 1.47. The predicted molar refractivity (Wildman–Crippen MR) is 114 cm³/mol. The van der Waals surface area contributed by atoms with E-state index in [0.717, 1.165) is 11.1 Å².